The third-order valence-corrected chi connectivity index (χ3v) is 7.41. The average molecular weight is 444 g/mol. The Morgan fingerprint density at radius 1 is 1.03 bits per heavy atom. The summed E-state index contributed by atoms with van der Waals surface area (Å²) in [6.45, 7) is 6.55. The number of benzene rings is 2. The number of hydrogen-bond donors (Lipinski definition) is 1. The molecule has 1 N–H and O–H groups in total. The molecule has 31 heavy (non-hydrogen) atoms. The fourth-order valence-corrected chi connectivity index (χ4v) is 5.36. The number of anilines is 1. The van der Waals surface area contributed by atoms with Crippen LogP contribution in [0.15, 0.2) is 41.3 Å². The molecule has 0 bridgehead atoms. The van der Waals surface area contributed by atoms with Crippen molar-refractivity contribution in [2.75, 3.05) is 31.5 Å². The zero-order valence-electron chi connectivity index (χ0n) is 17.7. The molecule has 0 spiro atoms. The minimum atomic E-state index is -3.77. The Hall–Kier alpha value is -2.91. The molecule has 0 aliphatic carbocycles. The number of carbonyl (C=O) groups excluding carboxylic acids is 2. The fraction of sp³-hybridized carbons (Fsp3) is 0.364. The van der Waals surface area contributed by atoms with E-state index in [1.54, 1.807) is 17.9 Å². The Kier molecular flexibility index (Phi) is 5.49. The van der Waals surface area contributed by atoms with Gasteiger partial charge in [0.1, 0.15) is 5.75 Å². The second-order valence-corrected chi connectivity index (χ2v) is 9.92. The molecule has 2 aliphatic rings. The highest BCUT2D eigenvalue weighted by molar-refractivity contribution is 7.89. The Balaban J connectivity index is 1.47. The van der Waals surface area contributed by atoms with Gasteiger partial charge in [0.05, 0.1) is 10.6 Å². The molecule has 1 fully saturated rings. The van der Waals surface area contributed by atoms with Gasteiger partial charge in [0, 0.05) is 31.7 Å². The lowest BCUT2D eigenvalue weighted by molar-refractivity contribution is -0.122. The van der Waals surface area contributed by atoms with Crippen molar-refractivity contribution in [3.8, 4) is 5.75 Å². The van der Waals surface area contributed by atoms with Crippen molar-refractivity contribution in [3.63, 3.8) is 0 Å². The van der Waals surface area contributed by atoms with Gasteiger partial charge in [-0.05, 0) is 51.1 Å². The van der Waals surface area contributed by atoms with Crippen molar-refractivity contribution < 1.29 is 22.7 Å². The van der Waals surface area contributed by atoms with Crippen LogP contribution in [0.5, 0.6) is 5.75 Å². The van der Waals surface area contributed by atoms with Crippen LogP contribution in [0.2, 0.25) is 0 Å². The summed E-state index contributed by atoms with van der Waals surface area (Å²) in [6, 6.07) is 10.2. The first-order chi connectivity index (χ1) is 14.6. The highest BCUT2D eigenvalue weighted by atomic mass is 32.2. The van der Waals surface area contributed by atoms with E-state index in [-0.39, 0.29) is 29.8 Å². The zero-order valence-corrected chi connectivity index (χ0v) is 18.5. The van der Waals surface area contributed by atoms with Crippen molar-refractivity contribution in [3.05, 3.63) is 53.1 Å². The summed E-state index contributed by atoms with van der Waals surface area (Å²) < 4.78 is 33.1. The normalized spacial score (nSPS) is 19.4. The van der Waals surface area contributed by atoms with Gasteiger partial charge in [-0.3, -0.25) is 9.59 Å². The Labute approximate surface area is 181 Å². The average Bonchev–Trinajstić information content (AvgIpc) is 2.73. The van der Waals surface area contributed by atoms with Gasteiger partial charge in [-0.25, -0.2) is 8.42 Å². The van der Waals surface area contributed by atoms with Crippen LogP contribution in [0.4, 0.5) is 5.69 Å². The quantitative estimate of drug-likeness (QED) is 0.784. The van der Waals surface area contributed by atoms with Crippen LogP contribution < -0.4 is 10.1 Å². The predicted molar refractivity (Wildman–Crippen MR) is 116 cm³/mol. The van der Waals surface area contributed by atoms with E-state index in [1.165, 1.54) is 16.4 Å². The fourth-order valence-electron chi connectivity index (χ4n) is 3.91. The molecule has 2 aliphatic heterocycles. The molecule has 0 unspecified atom stereocenters. The van der Waals surface area contributed by atoms with Crippen LogP contribution in [0.1, 0.15) is 28.4 Å². The van der Waals surface area contributed by atoms with E-state index in [4.69, 9.17) is 4.74 Å². The Morgan fingerprint density at radius 2 is 1.68 bits per heavy atom. The molecule has 2 aromatic rings. The predicted octanol–water partition coefficient (Wildman–Crippen LogP) is 2.17. The molecule has 4 rings (SSSR count). The summed E-state index contributed by atoms with van der Waals surface area (Å²) in [5.41, 5.74) is 2.99. The van der Waals surface area contributed by atoms with Crippen LogP contribution in [0.25, 0.3) is 0 Å². The number of sulfonamides is 1. The third-order valence-electron chi connectivity index (χ3n) is 5.51. The number of nitrogens with one attached hydrogen (secondary N) is 1. The summed E-state index contributed by atoms with van der Waals surface area (Å²) in [4.78, 5) is 26.5. The summed E-state index contributed by atoms with van der Waals surface area (Å²) in [7, 11) is -3.77. The molecule has 9 heteroatoms. The van der Waals surface area contributed by atoms with Crippen LogP contribution in [0, 0.1) is 13.8 Å². The number of fused-ring (bicyclic) bond motifs is 1. The zero-order chi connectivity index (χ0) is 22.3. The number of amides is 2. The van der Waals surface area contributed by atoms with Crippen molar-refractivity contribution >= 4 is 27.5 Å². The minimum Gasteiger partial charge on any atom is -0.479 e. The maximum Gasteiger partial charge on any atom is 0.265 e. The van der Waals surface area contributed by atoms with E-state index in [0.717, 1.165) is 11.1 Å². The molecule has 2 amide bonds. The molecular weight excluding hydrogens is 418 g/mol. The molecule has 164 valence electrons. The number of aryl methyl sites for hydroxylation is 2. The smallest absolute Gasteiger partial charge is 0.265 e. The van der Waals surface area contributed by atoms with Gasteiger partial charge in [0.25, 0.3) is 11.8 Å². The van der Waals surface area contributed by atoms with Gasteiger partial charge < -0.3 is 15.0 Å². The highest BCUT2D eigenvalue weighted by Gasteiger charge is 2.32. The van der Waals surface area contributed by atoms with Crippen LogP contribution in [0.3, 0.4) is 0 Å². The maximum absolute atomic E-state index is 13.1. The van der Waals surface area contributed by atoms with Gasteiger partial charge in [-0.15, -0.1) is 0 Å². The summed E-state index contributed by atoms with van der Waals surface area (Å²) in [6.07, 6.45) is -0.627. The summed E-state index contributed by atoms with van der Waals surface area (Å²) >= 11 is 0. The van der Waals surface area contributed by atoms with Crippen LogP contribution in [-0.4, -0.2) is 61.7 Å². The van der Waals surface area contributed by atoms with Crippen molar-refractivity contribution in [1.82, 2.24) is 9.21 Å². The third kappa shape index (κ3) is 4.15. The first-order valence-electron chi connectivity index (χ1n) is 10.1. The standard InChI is InChI=1S/C22H25N3O5S/c1-14-10-15(2)12-17(11-14)22(27)24-6-8-25(9-7-24)31(28,29)18-4-5-20-19(13-18)23-21(26)16(3)30-20/h4-5,10-13,16H,6-9H2,1-3H3,(H,23,26)/t16-/m0/s1. The minimum absolute atomic E-state index is 0.0822. The molecule has 1 saturated heterocycles. The second-order valence-electron chi connectivity index (χ2n) is 7.98. The monoisotopic (exact) mass is 443 g/mol. The first-order valence-corrected chi connectivity index (χ1v) is 11.6. The van der Waals surface area contributed by atoms with Gasteiger partial charge in [-0.1, -0.05) is 17.2 Å². The van der Waals surface area contributed by atoms with Gasteiger partial charge in [0.15, 0.2) is 6.10 Å². The number of ether oxygens (including phenoxy) is 1. The summed E-state index contributed by atoms with van der Waals surface area (Å²) in [5, 5.41) is 2.67. The summed E-state index contributed by atoms with van der Waals surface area (Å²) in [5.74, 6) is 0.0297. The van der Waals surface area contributed by atoms with E-state index >= 15 is 0 Å². The van der Waals surface area contributed by atoms with E-state index in [2.05, 4.69) is 5.32 Å². The van der Waals surface area contributed by atoms with Crippen molar-refractivity contribution in [2.24, 2.45) is 0 Å². The second kappa shape index (κ2) is 7.97. The largest absolute Gasteiger partial charge is 0.479 e. The van der Waals surface area contributed by atoms with Gasteiger partial charge in [0.2, 0.25) is 10.0 Å². The van der Waals surface area contributed by atoms with Gasteiger partial charge in [-0.2, -0.15) is 4.31 Å². The molecule has 0 saturated carbocycles. The number of rotatable bonds is 3. The van der Waals surface area contributed by atoms with E-state index in [1.807, 2.05) is 32.0 Å². The highest BCUT2D eigenvalue weighted by Crippen LogP contribution is 2.33. The molecule has 2 aromatic carbocycles. The number of nitrogens with zero attached hydrogens (tertiary/aromatic N) is 2. The van der Waals surface area contributed by atoms with Crippen LogP contribution >= 0.6 is 0 Å². The topological polar surface area (TPSA) is 96.0 Å². The lowest BCUT2D eigenvalue weighted by atomic mass is 10.1. The SMILES string of the molecule is Cc1cc(C)cc(C(=O)N2CCN(S(=O)(=O)c3ccc4c(c3)NC(=O)[C@H](C)O4)CC2)c1. The molecule has 8 nitrogen and oxygen atoms in total. The van der Waals surface area contributed by atoms with Crippen LogP contribution in [-0.2, 0) is 14.8 Å². The van der Waals surface area contributed by atoms with Crippen molar-refractivity contribution in [1.29, 1.82) is 0 Å². The Bertz CT molecular complexity index is 1130. The number of hydrogen-bond acceptors (Lipinski definition) is 5. The lowest BCUT2D eigenvalue weighted by Gasteiger charge is -2.34. The van der Waals surface area contributed by atoms with E-state index in [9.17, 15) is 18.0 Å². The molecule has 0 radical (unpaired) electrons. The maximum atomic E-state index is 13.1. The lowest BCUT2D eigenvalue weighted by Crippen LogP contribution is -2.50. The molecule has 2 heterocycles. The first kappa shape index (κ1) is 21.3. The Morgan fingerprint density at radius 3 is 2.32 bits per heavy atom. The van der Waals surface area contributed by atoms with Gasteiger partial charge >= 0.3 is 0 Å². The molecular formula is C22H25N3O5S. The number of piperazine rings is 1. The van der Waals surface area contributed by atoms with E-state index < -0.39 is 16.1 Å². The number of carbonyl (C=O) groups is 2. The van der Waals surface area contributed by atoms with Crippen molar-refractivity contribution in [2.45, 2.75) is 31.8 Å². The molecule has 1 atom stereocenters. The van der Waals surface area contributed by atoms with E-state index in [0.29, 0.717) is 30.1 Å². The molecule has 0 aromatic heterocycles.